The summed E-state index contributed by atoms with van der Waals surface area (Å²) in [4.78, 5) is 14.0. The molecule has 24 heavy (non-hydrogen) atoms. The van der Waals surface area contributed by atoms with Gasteiger partial charge in [-0.05, 0) is 42.8 Å². The first-order valence-corrected chi connectivity index (χ1v) is 7.59. The number of amides is 1. The van der Waals surface area contributed by atoms with Crippen molar-refractivity contribution >= 4 is 5.91 Å². The molecule has 1 heterocycles. The fraction of sp³-hybridized carbons (Fsp3) is 0.278. The third-order valence-corrected chi connectivity index (χ3v) is 3.85. The van der Waals surface area contributed by atoms with Crippen LogP contribution in [-0.2, 0) is 0 Å². The van der Waals surface area contributed by atoms with Gasteiger partial charge in [0.15, 0.2) is 0 Å². The highest BCUT2D eigenvalue weighted by molar-refractivity contribution is 5.94. The molecule has 2 aromatic carbocycles. The van der Waals surface area contributed by atoms with Gasteiger partial charge in [-0.15, -0.1) is 0 Å². The van der Waals surface area contributed by atoms with E-state index in [1.54, 1.807) is 4.90 Å². The average Bonchev–Trinajstić information content (AvgIpc) is 2.51. The number of aryl methyl sites for hydroxylation is 1. The van der Waals surface area contributed by atoms with Crippen LogP contribution in [0.5, 0.6) is 11.5 Å². The minimum Gasteiger partial charge on any atom is -0.486 e. The van der Waals surface area contributed by atoms with Gasteiger partial charge in [-0.3, -0.25) is 4.79 Å². The highest BCUT2D eigenvalue weighted by Gasteiger charge is 2.33. The van der Waals surface area contributed by atoms with Crippen LogP contribution in [0, 0.1) is 6.92 Å². The van der Waals surface area contributed by atoms with E-state index in [2.05, 4.69) is 4.74 Å². The molecule has 6 heteroatoms. The molecule has 126 valence electrons. The summed E-state index contributed by atoms with van der Waals surface area (Å²) < 4.78 is 34.4. The summed E-state index contributed by atoms with van der Waals surface area (Å²) in [6, 6.07) is 13.4. The van der Waals surface area contributed by atoms with E-state index >= 15 is 0 Å². The lowest BCUT2D eigenvalue weighted by Crippen LogP contribution is -2.56. The number of likely N-dealkylation sites (tertiary alicyclic amines) is 1. The van der Waals surface area contributed by atoms with E-state index in [0.29, 0.717) is 18.7 Å². The largest absolute Gasteiger partial charge is 0.486 e. The van der Waals surface area contributed by atoms with Crippen molar-refractivity contribution in [2.45, 2.75) is 19.6 Å². The summed E-state index contributed by atoms with van der Waals surface area (Å²) in [6.07, 6.45) is -0.0310. The molecule has 0 radical (unpaired) electrons. The Kier molecular flexibility index (Phi) is 4.64. The Hall–Kier alpha value is -2.63. The minimum atomic E-state index is -2.87. The molecule has 0 atom stereocenters. The van der Waals surface area contributed by atoms with Crippen molar-refractivity contribution in [1.82, 2.24) is 4.90 Å². The van der Waals surface area contributed by atoms with Crippen LogP contribution in [0.15, 0.2) is 48.5 Å². The first kappa shape index (κ1) is 16.2. The molecule has 1 aliphatic heterocycles. The fourth-order valence-electron chi connectivity index (χ4n) is 2.51. The molecule has 1 saturated heterocycles. The maximum Gasteiger partial charge on any atom is 0.387 e. The molecule has 0 saturated carbocycles. The second-order valence-electron chi connectivity index (χ2n) is 5.62. The van der Waals surface area contributed by atoms with Crippen LogP contribution in [0.3, 0.4) is 0 Å². The predicted octanol–water partition coefficient (Wildman–Crippen LogP) is 3.50. The Morgan fingerprint density at radius 3 is 2.42 bits per heavy atom. The van der Waals surface area contributed by atoms with Gasteiger partial charge in [0.25, 0.3) is 5.91 Å². The maximum absolute atomic E-state index is 12.3. The summed E-state index contributed by atoms with van der Waals surface area (Å²) in [5.74, 6) is 0.706. The van der Waals surface area contributed by atoms with Crippen LogP contribution in [-0.4, -0.2) is 36.6 Å². The zero-order valence-electron chi connectivity index (χ0n) is 13.1. The third kappa shape index (κ3) is 3.64. The van der Waals surface area contributed by atoms with Crippen LogP contribution in [0.2, 0.25) is 0 Å². The first-order valence-electron chi connectivity index (χ1n) is 7.59. The lowest BCUT2D eigenvalue weighted by molar-refractivity contribution is -0.0498. The Morgan fingerprint density at radius 1 is 1.12 bits per heavy atom. The number of para-hydroxylation sites is 1. The van der Waals surface area contributed by atoms with Gasteiger partial charge >= 0.3 is 6.61 Å². The van der Waals surface area contributed by atoms with Gasteiger partial charge in [0, 0.05) is 5.56 Å². The van der Waals surface area contributed by atoms with Crippen molar-refractivity contribution in [2.24, 2.45) is 0 Å². The normalized spacial score (nSPS) is 14.4. The summed E-state index contributed by atoms with van der Waals surface area (Å²) in [5.41, 5.74) is 1.49. The Morgan fingerprint density at radius 2 is 1.79 bits per heavy atom. The number of hydrogen-bond donors (Lipinski definition) is 0. The van der Waals surface area contributed by atoms with Crippen molar-refractivity contribution in [3.8, 4) is 11.5 Å². The van der Waals surface area contributed by atoms with Crippen molar-refractivity contribution in [1.29, 1.82) is 0 Å². The van der Waals surface area contributed by atoms with Crippen LogP contribution in [0.1, 0.15) is 15.9 Å². The summed E-state index contributed by atoms with van der Waals surface area (Å²) in [7, 11) is 0. The third-order valence-electron chi connectivity index (χ3n) is 3.85. The number of ether oxygens (including phenoxy) is 2. The van der Waals surface area contributed by atoms with Crippen LogP contribution < -0.4 is 9.47 Å². The van der Waals surface area contributed by atoms with E-state index in [4.69, 9.17) is 4.74 Å². The molecule has 1 aliphatic rings. The number of carbonyl (C=O) groups excluding carboxylic acids is 1. The molecule has 0 N–H and O–H groups in total. The van der Waals surface area contributed by atoms with Gasteiger partial charge in [0.1, 0.15) is 17.6 Å². The van der Waals surface area contributed by atoms with E-state index in [1.165, 1.54) is 24.3 Å². The number of hydrogen-bond acceptors (Lipinski definition) is 3. The van der Waals surface area contributed by atoms with Crippen LogP contribution >= 0.6 is 0 Å². The Labute approximate surface area is 138 Å². The standard InChI is InChI=1S/C18H17F2NO3/c1-12-4-2-3-5-16(12)23-15-10-21(11-15)17(22)13-6-8-14(9-7-13)24-18(19)20/h2-9,15,18H,10-11H2,1H3. The second-order valence-corrected chi connectivity index (χ2v) is 5.62. The van der Waals surface area contributed by atoms with E-state index in [9.17, 15) is 13.6 Å². The number of alkyl halides is 2. The van der Waals surface area contributed by atoms with Gasteiger partial charge in [0.2, 0.25) is 0 Å². The Balaban J connectivity index is 1.54. The zero-order chi connectivity index (χ0) is 17.1. The first-order chi connectivity index (χ1) is 11.5. The number of carbonyl (C=O) groups is 1. The van der Waals surface area contributed by atoms with Gasteiger partial charge in [0.05, 0.1) is 13.1 Å². The van der Waals surface area contributed by atoms with Crippen molar-refractivity contribution in [3.63, 3.8) is 0 Å². The molecule has 3 rings (SSSR count). The van der Waals surface area contributed by atoms with E-state index in [0.717, 1.165) is 11.3 Å². The van der Waals surface area contributed by atoms with Crippen molar-refractivity contribution in [2.75, 3.05) is 13.1 Å². The smallest absolute Gasteiger partial charge is 0.387 e. The summed E-state index contributed by atoms with van der Waals surface area (Å²) >= 11 is 0. The predicted molar refractivity (Wildman–Crippen MR) is 84.6 cm³/mol. The topological polar surface area (TPSA) is 38.8 Å². The summed E-state index contributed by atoms with van der Waals surface area (Å²) in [5, 5.41) is 0. The average molecular weight is 333 g/mol. The van der Waals surface area contributed by atoms with E-state index in [1.807, 2.05) is 31.2 Å². The lowest BCUT2D eigenvalue weighted by atomic mass is 10.1. The van der Waals surface area contributed by atoms with Gasteiger partial charge < -0.3 is 14.4 Å². The van der Waals surface area contributed by atoms with Crippen molar-refractivity contribution in [3.05, 3.63) is 59.7 Å². The number of benzene rings is 2. The minimum absolute atomic E-state index is 0.0310. The number of rotatable bonds is 5. The maximum atomic E-state index is 12.3. The summed E-state index contributed by atoms with van der Waals surface area (Å²) in [6.45, 7) is 0.103. The van der Waals surface area contributed by atoms with Crippen molar-refractivity contribution < 1.29 is 23.0 Å². The lowest BCUT2D eigenvalue weighted by Gasteiger charge is -2.39. The molecule has 4 nitrogen and oxygen atoms in total. The number of halogens is 2. The van der Waals surface area contributed by atoms with E-state index in [-0.39, 0.29) is 17.8 Å². The number of nitrogens with zero attached hydrogens (tertiary/aromatic N) is 1. The molecule has 0 spiro atoms. The SMILES string of the molecule is Cc1ccccc1OC1CN(C(=O)c2ccc(OC(F)F)cc2)C1. The van der Waals surface area contributed by atoms with Gasteiger partial charge in [-0.25, -0.2) is 0 Å². The van der Waals surface area contributed by atoms with E-state index < -0.39 is 6.61 Å². The highest BCUT2D eigenvalue weighted by Crippen LogP contribution is 2.23. The molecule has 2 aromatic rings. The van der Waals surface area contributed by atoms with Crippen LogP contribution in [0.25, 0.3) is 0 Å². The molecule has 1 fully saturated rings. The molecular formula is C18H17F2NO3. The molecule has 0 bridgehead atoms. The Bertz CT molecular complexity index is 712. The molecule has 0 aliphatic carbocycles. The second kappa shape index (κ2) is 6.86. The zero-order valence-corrected chi connectivity index (χ0v) is 13.1. The monoisotopic (exact) mass is 333 g/mol. The molecule has 1 amide bonds. The quantitative estimate of drug-likeness (QED) is 0.841. The van der Waals surface area contributed by atoms with Gasteiger partial charge in [-0.2, -0.15) is 8.78 Å². The molecule has 0 aromatic heterocycles. The fourth-order valence-corrected chi connectivity index (χ4v) is 2.51. The highest BCUT2D eigenvalue weighted by atomic mass is 19.3. The van der Waals surface area contributed by atoms with Gasteiger partial charge in [-0.1, -0.05) is 18.2 Å². The van der Waals surface area contributed by atoms with Crippen LogP contribution in [0.4, 0.5) is 8.78 Å². The molecule has 0 unspecified atom stereocenters. The molecular weight excluding hydrogens is 316 g/mol.